The van der Waals surface area contributed by atoms with Gasteiger partial charge in [0.1, 0.15) is 0 Å². The quantitative estimate of drug-likeness (QED) is 0.822. The van der Waals surface area contributed by atoms with Crippen LogP contribution in [0.1, 0.15) is 10.4 Å². The Bertz CT molecular complexity index is 582. The Morgan fingerprint density at radius 3 is 2.22 bits per heavy atom. The molecule has 0 aromatic heterocycles. The fourth-order valence-corrected chi connectivity index (χ4v) is 1.78. The molecule has 0 heterocycles. The summed E-state index contributed by atoms with van der Waals surface area (Å²) in [4.78, 5) is 12.0. The first-order valence-corrected chi connectivity index (χ1v) is 5.94. The van der Waals surface area contributed by atoms with Crippen molar-refractivity contribution in [2.45, 2.75) is 0 Å². The molecule has 2 aromatic carbocycles. The monoisotopic (exact) mass is 280 g/mol. The molecule has 2 rings (SSSR count). The first kappa shape index (κ1) is 12.7. The zero-order chi connectivity index (χ0) is 13.1. The van der Waals surface area contributed by atoms with Gasteiger partial charge >= 0.3 is 0 Å². The molecule has 0 saturated carbocycles. The number of halogens is 2. The van der Waals surface area contributed by atoms with E-state index in [9.17, 15) is 4.79 Å². The average Bonchev–Trinajstić information content (AvgIpc) is 2.32. The fraction of sp³-hybridized carbons (Fsp3) is 0. The molecular weight excluding hydrogens is 271 g/mol. The number of hydrogen-bond acceptors (Lipinski definition) is 2. The minimum Gasteiger partial charge on any atom is -0.398 e. The van der Waals surface area contributed by atoms with Crippen molar-refractivity contribution in [1.82, 2.24) is 0 Å². The highest BCUT2D eigenvalue weighted by Gasteiger charge is 2.10. The molecule has 18 heavy (non-hydrogen) atoms. The van der Waals surface area contributed by atoms with E-state index in [0.717, 1.165) is 0 Å². The minimum absolute atomic E-state index is 0.286. The number of rotatable bonds is 2. The molecule has 0 atom stereocenters. The molecule has 0 saturated heterocycles. The standard InChI is InChI=1S/C13H10Cl2N2O/c14-8-1-4-10(5-2-8)17-13(18)11-6-3-9(15)7-12(11)16/h1-7H,16H2,(H,17,18). The molecular formula is C13H10Cl2N2O. The molecule has 0 aliphatic carbocycles. The van der Waals surface area contributed by atoms with Gasteiger partial charge in [-0.15, -0.1) is 0 Å². The second kappa shape index (κ2) is 5.29. The molecule has 3 N–H and O–H groups in total. The smallest absolute Gasteiger partial charge is 0.257 e. The highest BCUT2D eigenvalue weighted by Crippen LogP contribution is 2.20. The highest BCUT2D eigenvalue weighted by atomic mass is 35.5. The lowest BCUT2D eigenvalue weighted by Crippen LogP contribution is -2.13. The van der Waals surface area contributed by atoms with Gasteiger partial charge in [-0.2, -0.15) is 0 Å². The van der Waals surface area contributed by atoms with Gasteiger partial charge < -0.3 is 11.1 Å². The number of carbonyl (C=O) groups is 1. The lowest BCUT2D eigenvalue weighted by molar-refractivity contribution is 0.102. The summed E-state index contributed by atoms with van der Waals surface area (Å²) in [5.41, 5.74) is 7.11. The number of nitrogens with two attached hydrogens (primary N) is 1. The Morgan fingerprint density at radius 1 is 1.00 bits per heavy atom. The van der Waals surface area contributed by atoms with Crippen LogP contribution in [-0.2, 0) is 0 Å². The van der Waals surface area contributed by atoms with Gasteiger partial charge in [-0.3, -0.25) is 4.79 Å². The van der Waals surface area contributed by atoms with E-state index in [-0.39, 0.29) is 5.91 Å². The second-order valence-corrected chi connectivity index (χ2v) is 4.57. The molecule has 3 nitrogen and oxygen atoms in total. The normalized spacial score (nSPS) is 10.1. The minimum atomic E-state index is -0.286. The number of hydrogen-bond donors (Lipinski definition) is 2. The van der Waals surface area contributed by atoms with E-state index >= 15 is 0 Å². The van der Waals surface area contributed by atoms with Crippen molar-refractivity contribution in [2.75, 3.05) is 11.1 Å². The van der Waals surface area contributed by atoms with Crippen molar-refractivity contribution >= 4 is 40.5 Å². The van der Waals surface area contributed by atoms with Gasteiger partial charge in [-0.05, 0) is 42.5 Å². The molecule has 0 spiro atoms. The van der Waals surface area contributed by atoms with E-state index in [1.165, 1.54) is 0 Å². The Morgan fingerprint density at radius 2 is 1.61 bits per heavy atom. The van der Waals surface area contributed by atoms with E-state index in [0.29, 0.717) is 27.0 Å². The number of carbonyl (C=O) groups excluding carboxylic acids is 1. The topological polar surface area (TPSA) is 55.1 Å². The zero-order valence-corrected chi connectivity index (χ0v) is 10.8. The van der Waals surface area contributed by atoms with Crippen molar-refractivity contribution in [2.24, 2.45) is 0 Å². The summed E-state index contributed by atoms with van der Waals surface area (Å²) in [7, 11) is 0. The Kier molecular flexibility index (Phi) is 3.75. The first-order chi connectivity index (χ1) is 8.56. The Hall–Kier alpha value is -1.71. The van der Waals surface area contributed by atoms with Gasteiger partial charge in [-0.25, -0.2) is 0 Å². The van der Waals surface area contributed by atoms with Gasteiger partial charge in [0, 0.05) is 21.4 Å². The van der Waals surface area contributed by atoms with Crippen molar-refractivity contribution in [3.63, 3.8) is 0 Å². The lowest BCUT2D eigenvalue weighted by atomic mass is 10.1. The predicted molar refractivity (Wildman–Crippen MR) is 75.3 cm³/mol. The average molecular weight is 281 g/mol. The molecule has 92 valence electrons. The van der Waals surface area contributed by atoms with Crippen molar-refractivity contribution in [1.29, 1.82) is 0 Å². The number of nitrogen functional groups attached to an aromatic ring is 1. The molecule has 0 bridgehead atoms. The van der Waals surface area contributed by atoms with Crippen LogP contribution in [0.15, 0.2) is 42.5 Å². The van der Waals surface area contributed by atoms with Gasteiger partial charge in [0.05, 0.1) is 5.56 Å². The summed E-state index contributed by atoms with van der Waals surface area (Å²) >= 11 is 11.5. The van der Waals surface area contributed by atoms with Gasteiger partial charge in [0.15, 0.2) is 0 Å². The summed E-state index contributed by atoms with van der Waals surface area (Å²) in [5.74, 6) is -0.286. The van der Waals surface area contributed by atoms with Crippen LogP contribution >= 0.6 is 23.2 Å². The van der Waals surface area contributed by atoms with Crippen LogP contribution in [0, 0.1) is 0 Å². The Labute approximate surface area is 115 Å². The van der Waals surface area contributed by atoms with Crippen molar-refractivity contribution < 1.29 is 4.79 Å². The van der Waals surface area contributed by atoms with Gasteiger partial charge in [-0.1, -0.05) is 23.2 Å². The number of anilines is 2. The van der Waals surface area contributed by atoms with E-state index in [1.807, 2.05) is 0 Å². The van der Waals surface area contributed by atoms with E-state index < -0.39 is 0 Å². The van der Waals surface area contributed by atoms with E-state index in [1.54, 1.807) is 42.5 Å². The van der Waals surface area contributed by atoms with Crippen molar-refractivity contribution in [3.05, 3.63) is 58.1 Å². The molecule has 0 unspecified atom stereocenters. The fourth-order valence-electron chi connectivity index (χ4n) is 1.47. The van der Waals surface area contributed by atoms with E-state index in [4.69, 9.17) is 28.9 Å². The molecule has 0 radical (unpaired) electrons. The van der Waals surface area contributed by atoms with Gasteiger partial charge in [0.2, 0.25) is 0 Å². The number of amides is 1. The summed E-state index contributed by atoms with van der Waals surface area (Å²) in [6, 6.07) is 11.6. The molecule has 5 heteroatoms. The van der Waals surface area contributed by atoms with Crippen LogP contribution in [0.4, 0.5) is 11.4 Å². The third kappa shape index (κ3) is 2.94. The van der Waals surface area contributed by atoms with Crippen LogP contribution < -0.4 is 11.1 Å². The van der Waals surface area contributed by atoms with Crippen LogP contribution in [0.2, 0.25) is 10.0 Å². The van der Waals surface area contributed by atoms with E-state index in [2.05, 4.69) is 5.32 Å². The number of nitrogens with one attached hydrogen (secondary N) is 1. The molecule has 2 aromatic rings. The maximum Gasteiger partial charge on any atom is 0.257 e. The maximum absolute atomic E-state index is 12.0. The molecule has 1 amide bonds. The van der Waals surface area contributed by atoms with Crippen LogP contribution in [0.3, 0.4) is 0 Å². The first-order valence-electron chi connectivity index (χ1n) is 5.18. The molecule has 0 aliphatic rings. The van der Waals surface area contributed by atoms with Crippen LogP contribution in [0.5, 0.6) is 0 Å². The van der Waals surface area contributed by atoms with Crippen molar-refractivity contribution in [3.8, 4) is 0 Å². The third-order valence-electron chi connectivity index (χ3n) is 2.36. The summed E-state index contributed by atoms with van der Waals surface area (Å²) < 4.78 is 0. The van der Waals surface area contributed by atoms with Crippen LogP contribution in [0.25, 0.3) is 0 Å². The summed E-state index contributed by atoms with van der Waals surface area (Å²) in [6.45, 7) is 0. The number of benzene rings is 2. The molecule has 0 fully saturated rings. The Balaban J connectivity index is 2.19. The lowest BCUT2D eigenvalue weighted by Gasteiger charge is -2.07. The van der Waals surface area contributed by atoms with Gasteiger partial charge in [0.25, 0.3) is 5.91 Å². The third-order valence-corrected chi connectivity index (χ3v) is 2.85. The highest BCUT2D eigenvalue weighted by molar-refractivity contribution is 6.31. The summed E-state index contributed by atoms with van der Waals surface area (Å²) in [5, 5.41) is 3.83. The predicted octanol–water partition coefficient (Wildman–Crippen LogP) is 3.83. The SMILES string of the molecule is Nc1cc(Cl)ccc1C(=O)Nc1ccc(Cl)cc1. The summed E-state index contributed by atoms with van der Waals surface area (Å²) in [6.07, 6.45) is 0. The largest absolute Gasteiger partial charge is 0.398 e. The zero-order valence-electron chi connectivity index (χ0n) is 9.28. The maximum atomic E-state index is 12.0. The molecule has 0 aliphatic heterocycles. The second-order valence-electron chi connectivity index (χ2n) is 3.69. The van der Waals surface area contributed by atoms with Crippen LogP contribution in [-0.4, -0.2) is 5.91 Å².